The Morgan fingerprint density at radius 1 is 1.60 bits per heavy atom. The summed E-state index contributed by atoms with van der Waals surface area (Å²) in [6, 6.07) is 0. The molecule has 0 aromatic heterocycles. The van der Waals surface area contributed by atoms with Gasteiger partial charge in [-0.2, -0.15) is 0 Å². The summed E-state index contributed by atoms with van der Waals surface area (Å²) in [4.78, 5) is 10.7. The monoisotopic (exact) mass is 136 g/mol. The van der Waals surface area contributed by atoms with E-state index in [1.807, 2.05) is 0 Å². The molecule has 3 atom stereocenters. The maximum absolute atomic E-state index is 10.7. The second kappa shape index (κ2) is 1.71. The zero-order valence-corrected chi connectivity index (χ0v) is 6.21. The van der Waals surface area contributed by atoms with E-state index in [9.17, 15) is 4.79 Å². The Hall–Kier alpha value is -0.590. The second-order valence-corrected chi connectivity index (χ2v) is 3.81. The molecule has 0 heterocycles. The van der Waals surface area contributed by atoms with Crippen LogP contribution in [-0.4, -0.2) is 6.29 Å². The lowest BCUT2D eigenvalue weighted by Gasteiger charge is -2.23. The molecule has 0 aliphatic heterocycles. The Morgan fingerprint density at radius 2 is 2.40 bits per heavy atom. The Morgan fingerprint density at radius 3 is 2.70 bits per heavy atom. The lowest BCUT2D eigenvalue weighted by Crippen LogP contribution is -2.22. The van der Waals surface area contributed by atoms with Gasteiger partial charge in [0, 0.05) is 5.41 Å². The molecule has 0 spiro atoms. The standard InChI is InChI=1S/C9H12O/c1-9(6-10)5-7-2-3-8(9)4-7/h2-3,6-8H,4-5H2,1H3/t7-,8+,9?/m0/s1. The van der Waals surface area contributed by atoms with Crippen LogP contribution in [0.1, 0.15) is 19.8 Å². The van der Waals surface area contributed by atoms with Crippen molar-refractivity contribution >= 4 is 6.29 Å². The predicted octanol–water partition coefficient (Wildman–Crippen LogP) is 1.79. The molecule has 1 nitrogen and oxygen atoms in total. The smallest absolute Gasteiger partial charge is 0.126 e. The molecule has 2 bridgehead atoms. The van der Waals surface area contributed by atoms with Crippen LogP contribution in [-0.2, 0) is 4.79 Å². The zero-order valence-electron chi connectivity index (χ0n) is 6.21. The minimum atomic E-state index is -0.0145. The third-order valence-corrected chi connectivity index (χ3v) is 2.99. The highest BCUT2D eigenvalue weighted by molar-refractivity contribution is 5.61. The van der Waals surface area contributed by atoms with Crippen molar-refractivity contribution < 1.29 is 4.79 Å². The van der Waals surface area contributed by atoms with Crippen molar-refractivity contribution in [1.82, 2.24) is 0 Å². The normalized spacial score (nSPS) is 50.1. The molecular formula is C9H12O. The van der Waals surface area contributed by atoms with Gasteiger partial charge in [0.25, 0.3) is 0 Å². The molecule has 54 valence electrons. The van der Waals surface area contributed by atoms with Gasteiger partial charge in [-0.25, -0.2) is 0 Å². The molecule has 0 amide bonds. The summed E-state index contributed by atoms with van der Waals surface area (Å²) in [6.07, 6.45) is 7.91. The number of aldehydes is 1. The predicted molar refractivity (Wildman–Crippen MR) is 39.5 cm³/mol. The number of carbonyl (C=O) groups is 1. The SMILES string of the molecule is CC1(C=O)C[C@H]2C=C[C@@H]1C2. The Balaban J connectivity index is 2.30. The van der Waals surface area contributed by atoms with Crippen molar-refractivity contribution in [3.8, 4) is 0 Å². The van der Waals surface area contributed by atoms with E-state index in [0.717, 1.165) is 12.7 Å². The summed E-state index contributed by atoms with van der Waals surface area (Å²) >= 11 is 0. The van der Waals surface area contributed by atoms with E-state index < -0.39 is 0 Å². The first kappa shape index (κ1) is 6.14. The molecule has 0 aromatic carbocycles. The van der Waals surface area contributed by atoms with Crippen LogP contribution >= 0.6 is 0 Å². The van der Waals surface area contributed by atoms with Crippen molar-refractivity contribution in [2.75, 3.05) is 0 Å². The maximum Gasteiger partial charge on any atom is 0.126 e. The summed E-state index contributed by atoms with van der Waals surface area (Å²) in [6.45, 7) is 2.08. The van der Waals surface area contributed by atoms with Gasteiger partial charge in [-0.15, -0.1) is 0 Å². The average Bonchev–Trinajstić information content (AvgIpc) is 2.46. The lowest BCUT2D eigenvalue weighted by atomic mass is 9.79. The van der Waals surface area contributed by atoms with Gasteiger partial charge in [0.05, 0.1) is 0 Å². The van der Waals surface area contributed by atoms with Crippen LogP contribution in [0.15, 0.2) is 12.2 Å². The summed E-state index contributed by atoms with van der Waals surface area (Å²) in [5.41, 5.74) is -0.0145. The van der Waals surface area contributed by atoms with E-state index in [1.54, 1.807) is 0 Å². The molecule has 0 radical (unpaired) electrons. The van der Waals surface area contributed by atoms with Gasteiger partial charge < -0.3 is 4.79 Å². The van der Waals surface area contributed by atoms with Crippen LogP contribution < -0.4 is 0 Å². The summed E-state index contributed by atoms with van der Waals surface area (Å²) in [5.74, 6) is 1.26. The van der Waals surface area contributed by atoms with Crippen molar-refractivity contribution in [2.24, 2.45) is 17.3 Å². The second-order valence-electron chi connectivity index (χ2n) is 3.81. The van der Waals surface area contributed by atoms with Gasteiger partial charge in [-0.05, 0) is 24.7 Å². The van der Waals surface area contributed by atoms with Crippen LogP contribution in [0.25, 0.3) is 0 Å². The van der Waals surface area contributed by atoms with E-state index in [4.69, 9.17) is 0 Å². The van der Waals surface area contributed by atoms with E-state index in [-0.39, 0.29) is 5.41 Å². The van der Waals surface area contributed by atoms with E-state index >= 15 is 0 Å². The molecule has 0 saturated heterocycles. The van der Waals surface area contributed by atoms with Crippen molar-refractivity contribution in [3.05, 3.63) is 12.2 Å². The third-order valence-electron chi connectivity index (χ3n) is 2.99. The van der Waals surface area contributed by atoms with Gasteiger partial charge in [0.2, 0.25) is 0 Å². The quantitative estimate of drug-likeness (QED) is 0.396. The maximum atomic E-state index is 10.7. The Labute approximate surface area is 61.1 Å². The zero-order chi connectivity index (χ0) is 7.19. The third kappa shape index (κ3) is 0.606. The molecule has 2 aliphatic rings. The molecule has 1 fully saturated rings. The fourth-order valence-electron chi connectivity index (χ4n) is 2.27. The highest BCUT2D eigenvalue weighted by atomic mass is 16.1. The fraction of sp³-hybridized carbons (Fsp3) is 0.667. The van der Waals surface area contributed by atoms with E-state index in [1.165, 1.54) is 6.42 Å². The molecule has 0 N–H and O–H groups in total. The molecule has 10 heavy (non-hydrogen) atoms. The van der Waals surface area contributed by atoms with Crippen molar-refractivity contribution in [2.45, 2.75) is 19.8 Å². The summed E-state index contributed by atoms with van der Waals surface area (Å²) < 4.78 is 0. The van der Waals surface area contributed by atoms with Crippen molar-refractivity contribution in [3.63, 3.8) is 0 Å². The molecule has 1 heteroatoms. The highest BCUT2D eigenvalue weighted by Gasteiger charge is 2.44. The number of allylic oxidation sites excluding steroid dienone is 2. The summed E-state index contributed by atoms with van der Waals surface area (Å²) in [7, 11) is 0. The van der Waals surface area contributed by atoms with E-state index in [0.29, 0.717) is 11.8 Å². The first-order valence-electron chi connectivity index (χ1n) is 3.89. The fourth-order valence-corrected chi connectivity index (χ4v) is 2.27. The Kier molecular flexibility index (Phi) is 1.05. The van der Waals surface area contributed by atoms with Crippen molar-refractivity contribution in [1.29, 1.82) is 0 Å². The topological polar surface area (TPSA) is 17.1 Å². The Bertz CT molecular complexity index is 195. The van der Waals surface area contributed by atoms with Crippen LogP contribution in [0.5, 0.6) is 0 Å². The highest BCUT2D eigenvalue weighted by Crippen LogP contribution is 2.50. The van der Waals surface area contributed by atoms with Gasteiger partial charge in [0.1, 0.15) is 6.29 Å². The first-order valence-corrected chi connectivity index (χ1v) is 3.89. The van der Waals surface area contributed by atoms with Gasteiger partial charge in [-0.1, -0.05) is 19.1 Å². The number of rotatable bonds is 1. The molecule has 0 aromatic rings. The van der Waals surface area contributed by atoms with Gasteiger partial charge in [-0.3, -0.25) is 0 Å². The minimum Gasteiger partial charge on any atom is -0.303 e. The number of hydrogen-bond acceptors (Lipinski definition) is 1. The largest absolute Gasteiger partial charge is 0.303 e. The van der Waals surface area contributed by atoms with Crippen LogP contribution in [0.4, 0.5) is 0 Å². The summed E-state index contributed by atoms with van der Waals surface area (Å²) in [5, 5.41) is 0. The van der Waals surface area contributed by atoms with Crippen LogP contribution in [0, 0.1) is 17.3 Å². The molecule has 1 saturated carbocycles. The van der Waals surface area contributed by atoms with E-state index in [2.05, 4.69) is 19.1 Å². The average molecular weight is 136 g/mol. The van der Waals surface area contributed by atoms with Crippen LogP contribution in [0.3, 0.4) is 0 Å². The molecule has 1 unspecified atom stereocenters. The minimum absolute atomic E-state index is 0.0145. The number of hydrogen-bond donors (Lipinski definition) is 0. The first-order chi connectivity index (χ1) is 4.74. The van der Waals surface area contributed by atoms with Crippen LogP contribution in [0.2, 0.25) is 0 Å². The van der Waals surface area contributed by atoms with Gasteiger partial charge >= 0.3 is 0 Å². The number of carbonyl (C=O) groups excluding carboxylic acids is 1. The number of fused-ring (bicyclic) bond motifs is 2. The molecular weight excluding hydrogens is 124 g/mol. The lowest BCUT2D eigenvalue weighted by molar-refractivity contribution is -0.116. The van der Waals surface area contributed by atoms with Gasteiger partial charge in [0.15, 0.2) is 0 Å². The molecule has 2 aliphatic carbocycles. The molecule has 2 rings (SSSR count).